The van der Waals surface area contributed by atoms with Crippen LogP contribution in [0.3, 0.4) is 0 Å². The number of anilines is 1. The number of carbonyl (C=O) groups excluding carboxylic acids is 1. The molecule has 0 saturated carbocycles. The summed E-state index contributed by atoms with van der Waals surface area (Å²) in [6, 6.07) is 9.88. The number of hydrogen-bond acceptors (Lipinski definition) is 3. The molecule has 2 aromatic rings. The predicted molar refractivity (Wildman–Crippen MR) is 82.0 cm³/mol. The van der Waals surface area contributed by atoms with E-state index in [2.05, 4.69) is 5.32 Å². The number of hydrogen-bond donors (Lipinski definition) is 1. The van der Waals surface area contributed by atoms with Crippen LogP contribution >= 0.6 is 11.6 Å². The molecule has 0 atom stereocenters. The van der Waals surface area contributed by atoms with Crippen molar-refractivity contribution >= 4 is 28.9 Å². The van der Waals surface area contributed by atoms with E-state index in [9.17, 15) is 14.9 Å². The monoisotopic (exact) mass is 304 g/mol. The average Bonchev–Trinajstić information content (AvgIpc) is 2.42. The molecule has 0 aliphatic heterocycles. The molecule has 2 rings (SSSR count). The Hall–Kier alpha value is -2.40. The van der Waals surface area contributed by atoms with Gasteiger partial charge in [0.05, 0.1) is 4.92 Å². The van der Waals surface area contributed by atoms with E-state index in [1.807, 2.05) is 13.0 Å². The van der Waals surface area contributed by atoms with Crippen LogP contribution in [0.2, 0.25) is 5.02 Å². The Bertz CT molecular complexity index is 729. The van der Waals surface area contributed by atoms with E-state index in [1.165, 1.54) is 12.1 Å². The molecule has 0 aliphatic rings. The molecule has 0 aromatic heterocycles. The molecule has 108 valence electrons. The molecule has 21 heavy (non-hydrogen) atoms. The molecule has 0 saturated heterocycles. The van der Waals surface area contributed by atoms with Crippen LogP contribution < -0.4 is 5.32 Å². The SMILES string of the molecule is Cc1cccc(C(=O)Nc2cc(Cl)c([N+](=O)[O-])cc2C)c1. The topological polar surface area (TPSA) is 72.2 Å². The predicted octanol–water partition coefficient (Wildman–Crippen LogP) is 4.12. The molecule has 6 heteroatoms. The maximum atomic E-state index is 12.2. The third-order valence-corrected chi connectivity index (χ3v) is 3.32. The van der Waals surface area contributed by atoms with Crippen LogP contribution in [0.1, 0.15) is 21.5 Å². The summed E-state index contributed by atoms with van der Waals surface area (Å²) in [4.78, 5) is 22.4. The zero-order valence-electron chi connectivity index (χ0n) is 11.5. The van der Waals surface area contributed by atoms with Crippen LogP contribution in [-0.4, -0.2) is 10.8 Å². The van der Waals surface area contributed by atoms with Crippen LogP contribution in [0, 0.1) is 24.0 Å². The summed E-state index contributed by atoms with van der Waals surface area (Å²) in [5.41, 5.74) is 2.34. The highest BCUT2D eigenvalue weighted by Gasteiger charge is 2.16. The van der Waals surface area contributed by atoms with Gasteiger partial charge in [-0.3, -0.25) is 14.9 Å². The number of carbonyl (C=O) groups is 1. The lowest BCUT2D eigenvalue weighted by Crippen LogP contribution is -2.13. The summed E-state index contributed by atoms with van der Waals surface area (Å²) in [5, 5.41) is 13.5. The Kier molecular flexibility index (Phi) is 4.23. The highest BCUT2D eigenvalue weighted by Crippen LogP contribution is 2.30. The molecule has 5 nitrogen and oxygen atoms in total. The van der Waals surface area contributed by atoms with Gasteiger partial charge in [0.1, 0.15) is 5.02 Å². The summed E-state index contributed by atoms with van der Waals surface area (Å²) in [7, 11) is 0. The molecule has 2 aromatic carbocycles. The van der Waals surface area contributed by atoms with Gasteiger partial charge in [0.25, 0.3) is 11.6 Å². The Labute approximate surface area is 126 Å². The smallest absolute Gasteiger partial charge is 0.288 e. The summed E-state index contributed by atoms with van der Waals surface area (Å²) in [5.74, 6) is -0.285. The van der Waals surface area contributed by atoms with E-state index in [0.717, 1.165) is 5.56 Å². The van der Waals surface area contributed by atoms with E-state index in [-0.39, 0.29) is 16.6 Å². The lowest BCUT2D eigenvalue weighted by Gasteiger charge is -2.09. The van der Waals surface area contributed by atoms with Crippen LogP contribution in [0.5, 0.6) is 0 Å². The van der Waals surface area contributed by atoms with Crippen molar-refractivity contribution < 1.29 is 9.72 Å². The molecule has 0 radical (unpaired) electrons. The molecule has 0 heterocycles. The lowest BCUT2D eigenvalue weighted by molar-refractivity contribution is -0.384. The first kappa shape index (κ1) is 15.0. The summed E-state index contributed by atoms with van der Waals surface area (Å²) < 4.78 is 0. The first-order valence-corrected chi connectivity index (χ1v) is 6.59. The van der Waals surface area contributed by atoms with E-state index in [4.69, 9.17) is 11.6 Å². The van der Waals surface area contributed by atoms with E-state index >= 15 is 0 Å². The van der Waals surface area contributed by atoms with Crippen molar-refractivity contribution in [2.24, 2.45) is 0 Å². The Balaban J connectivity index is 2.30. The average molecular weight is 305 g/mol. The van der Waals surface area contributed by atoms with Crippen molar-refractivity contribution in [2.75, 3.05) is 5.32 Å². The minimum atomic E-state index is -0.554. The lowest BCUT2D eigenvalue weighted by atomic mass is 10.1. The maximum absolute atomic E-state index is 12.2. The number of aryl methyl sites for hydroxylation is 2. The highest BCUT2D eigenvalue weighted by atomic mass is 35.5. The van der Waals surface area contributed by atoms with Crippen LogP contribution in [0.15, 0.2) is 36.4 Å². The van der Waals surface area contributed by atoms with Gasteiger partial charge >= 0.3 is 0 Å². The fourth-order valence-electron chi connectivity index (χ4n) is 1.92. The Morgan fingerprint density at radius 1 is 1.24 bits per heavy atom. The van der Waals surface area contributed by atoms with Gasteiger partial charge in [0, 0.05) is 17.3 Å². The van der Waals surface area contributed by atoms with Gasteiger partial charge in [-0.2, -0.15) is 0 Å². The van der Waals surface area contributed by atoms with E-state index < -0.39 is 4.92 Å². The van der Waals surface area contributed by atoms with Gasteiger partial charge in [-0.25, -0.2) is 0 Å². The summed E-state index contributed by atoms with van der Waals surface area (Å²) in [6.07, 6.45) is 0. The standard InChI is InChI=1S/C15H13ClN2O3/c1-9-4-3-5-11(6-9)15(19)17-13-8-12(16)14(18(20)21)7-10(13)2/h3-8H,1-2H3,(H,17,19). The van der Waals surface area contributed by atoms with E-state index in [1.54, 1.807) is 25.1 Å². The summed E-state index contributed by atoms with van der Waals surface area (Å²) >= 11 is 5.86. The number of benzene rings is 2. The van der Waals surface area contributed by atoms with Gasteiger partial charge in [-0.15, -0.1) is 0 Å². The highest BCUT2D eigenvalue weighted by molar-refractivity contribution is 6.33. The Morgan fingerprint density at radius 3 is 2.57 bits per heavy atom. The van der Waals surface area contributed by atoms with Gasteiger partial charge in [-0.05, 0) is 37.6 Å². The zero-order valence-corrected chi connectivity index (χ0v) is 12.3. The van der Waals surface area contributed by atoms with Crippen LogP contribution in [-0.2, 0) is 0 Å². The molecule has 1 N–H and O–H groups in total. The van der Waals surface area contributed by atoms with Crippen molar-refractivity contribution in [3.63, 3.8) is 0 Å². The second-order valence-electron chi connectivity index (χ2n) is 4.70. The molecule has 0 bridgehead atoms. The fourth-order valence-corrected chi connectivity index (χ4v) is 2.15. The van der Waals surface area contributed by atoms with Gasteiger partial charge in [0.15, 0.2) is 0 Å². The second kappa shape index (κ2) is 5.93. The van der Waals surface area contributed by atoms with Gasteiger partial charge < -0.3 is 5.32 Å². The quantitative estimate of drug-likeness (QED) is 0.685. The summed E-state index contributed by atoms with van der Waals surface area (Å²) in [6.45, 7) is 3.57. The van der Waals surface area contributed by atoms with Crippen molar-refractivity contribution in [3.05, 3.63) is 68.2 Å². The molecular formula is C15H13ClN2O3. The molecule has 0 spiro atoms. The number of halogens is 1. The van der Waals surface area contributed by atoms with Crippen LogP contribution in [0.4, 0.5) is 11.4 Å². The number of nitro benzene ring substituents is 1. The largest absolute Gasteiger partial charge is 0.322 e. The number of nitrogens with one attached hydrogen (secondary N) is 1. The molecule has 1 amide bonds. The maximum Gasteiger partial charge on any atom is 0.288 e. The van der Waals surface area contributed by atoms with E-state index in [0.29, 0.717) is 16.8 Å². The van der Waals surface area contributed by atoms with Gasteiger partial charge in [0.2, 0.25) is 0 Å². The zero-order chi connectivity index (χ0) is 15.6. The number of rotatable bonds is 3. The normalized spacial score (nSPS) is 10.2. The molecular weight excluding hydrogens is 292 g/mol. The second-order valence-corrected chi connectivity index (χ2v) is 5.11. The third-order valence-electron chi connectivity index (χ3n) is 3.02. The number of amides is 1. The minimum absolute atomic E-state index is 0.00913. The van der Waals surface area contributed by atoms with Crippen LogP contribution in [0.25, 0.3) is 0 Å². The first-order valence-electron chi connectivity index (χ1n) is 6.21. The third kappa shape index (κ3) is 3.38. The van der Waals surface area contributed by atoms with Crippen molar-refractivity contribution in [1.29, 1.82) is 0 Å². The minimum Gasteiger partial charge on any atom is -0.322 e. The fraction of sp³-hybridized carbons (Fsp3) is 0.133. The van der Waals surface area contributed by atoms with Crippen molar-refractivity contribution in [2.45, 2.75) is 13.8 Å². The van der Waals surface area contributed by atoms with Crippen molar-refractivity contribution in [1.82, 2.24) is 0 Å². The van der Waals surface area contributed by atoms with Gasteiger partial charge in [-0.1, -0.05) is 29.3 Å². The molecule has 0 aliphatic carbocycles. The molecule has 0 fully saturated rings. The number of nitro groups is 1. The van der Waals surface area contributed by atoms with Crippen molar-refractivity contribution in [3.8, 4) is 0 Å². The Morgan fingerprint density at radius 2 is 1.95 bits per heavy atom. The first-order chi connectivity index (χ1) is 9.88. The molecule has 0 unspecified atom stereocenters. The number of nitrogens with zero attached hydrogens (tertiary/aromatic N) is 1.